The minimum absolute atomic E-state index is 0.0225. The zero-order valence-corrected chi connectivity index (χ0v) is 10.2. The molecule has 4 N–H and O–H groups in total. The van der Waals surface area contributed by atoms with Gasteiger partial charge in [0.25, 0.3) is 0 Å². The van der Waals surface area contributed by atoms with E-state index in [4.69, 9.17) is 5.73 Å². The largest absolute Gasteiger partial charge is 0.381 e. The number of hydrogen-bond acceptors (Lipinski definition) is 5. The number of nitrogens with two attached hydrogens (primary N) is 1. The van der Waals surface area contributed by atoms with Crippen molar-refractivity contribution in [1.29, 1.82) is 0 Å². The van der Waals surface area contributed by atoms with E-state index in [0.717, 1.165) is 6.42 Å². The molecule has 94 valence electrons. The molecule has 1 amide bonds. The number of nitrogens with one attached hydrogen (secondary N) is 2. The van der Waals surface area contributed by atoms with E-state index >= 15 is 0 Å². The molecule has 0 radical (unpaired) electrons. The first-order valence-corrected chi connectivity index (χ1v) is 5.73. The van der Waals surface area contributed by atoms with Crippen LogP contribution in [0.15, 0.2) is 12.4 Å². The monoisotopic (exact) mass is 237 g/mol. The third kappa shape index (κ3) is 4.67. The summed E-state index contributed by atoms with van der Waals surface area (Å²) in [5.74, 6) is 0.882. The fourth-order valence-electron chi connectivity index (χ4n) is 1.23. The molecule has 1 heterocycles. The fourth-order valence-corrected chi connectivity index (χ4v) is 1.23. The molecule has 1 rings (SSSR count). The van der Waals surface area contributed by atoms with Gasteiger partial charge in [0.15, 0.2) is 11.6 Å². The van der Waals surface area contributed by atoms with Crippen LogP contribution in [0.3, 0.4) is 0 Å². The van der Waals surface area contributed by atoms with Crippen LogP contribution in [0.1, 0.15) is 26.7 Å². The van der Waals surface area contributed by atoms with E-state index < -0.39 is 0 Å². The Hall–Kier alpha value is -1.85. The van der Waals surface area contributed by atoms with Crippen LogP contribution in [-0.2, 0) is 4.79 Å². The van der Waals surface area contributed by atoms with Crippen molar-refractivity contribution in [3.05, 3.63) is 12.4 Å². The maximum Gasteiger partial charge on any atom is 0.221 e. The molecule has 1 atom stereocenters. The predicted octanol–water partition coefficient (Wildman–Crippen LogP) is 0.775. The Morgan fingerprint density at radius 1 is 1.47 bits per heavy atom. The van der Waals surface area contributed by atoms with Crippen molar-refractivity contribution < 1.29 is 4.79 Å². The molecule has 0 saturated carbocycles. The predicted molar refractivity (Wildman–Crippen MR) is 67.4 cm³/mol. The Morgan fingerprint density at radius 2 is 2.18 bits per heavy atom. The van der Waals surface area contributed by atoms with Gasteiger partial charge < -0.3 is 16.4 Å². The first-order valence-electron chi connectivity index (χ1n) is 5.73. The number of carbonyl (C=O) groups excluding carboxylic acids is 1. The van der Waals surface area contributed by atoms with E-state index in [0.29, 0.717) is 24.6 Å². The molecule has 0 saturated heterocycles. The third-order valence-corrected chi connectivity index (χ3v) is 2.39. The number of nitrogens with zero attached hydrogens (tertiary/aromatic N) is 2. The Bertz CT molecular complexity index is 369. The second-order valence-electron chi connectivity index (χ2n) is 3.84. The molecule has 1 aromatic heterocycles. The van der Waals surface area contributed by atoms with E-state index in [2.05, 4.69) is 20.6 Å². The van der Waals surface area contributed by atoms with Gasteiger partial charge in [-0.2, -0.15) is 0 Å². The molecule has 0 bridgehead atoms. The van der Waals surface area contributed by atoms with E-state index in [1.165, 1.54) is 6.20 Å². The Labute approximate surface area is 101 Å². The van der Waals surface area contributed by atoms with Crippen molar-refractivity contribution in [2.24, 2.45) is 0 Å². The molecule has 1 unspecified atom stereocenters. The number of aromatic nitrogens is 2. The fraction of sp³-hybridized carbons (Fsp3) is 0.545. The summed E-state index contributed by atoms with van der Waals surface area (Å²) in [6.07, 6.45) is 4.39. The van der Waals surface area contributed by atoms with E-state index in [-0.39, 0.29) is 11.9 Å². The molecule has 0 aliphatic heterocycles. The third-order valence-electron chi connectivity index (χ3n) is 2.39. The van der Waals surface area contributed by atoms with E-state index in [1.807, 2.05) is 13.8 Å². The first kappa shape index (κ1) is 13.2. The molecule has 0 spiro atoms. The average Bonchev–Trinajstić information content (AvgIpc) is 2.31. The molecular weight excluding hydrogens is 218 g/mol. The molecule has 6 nitrogen and oxygen atoms in total. The van der Waals surface area contributed by atoms with Gasteiger partial charge in [-0.1, -0.05) is 6.92 Å². The molecule has 1 aromatic rings. The number of amides is 1. The smallest absolute Gasteiger partial charge is 0.221 e. The molecule has 0 fully saturated rings. The summed E-state index contributed by atoms with van der Waals surface area (Å²) in [5.41, 5.74) is 5.60. The zero-order valence-electron chi connectivity index (χ0n) is 10.2. The number of anilines is 2. The van der Waals surface area contributed by atoms with Gasteiger partial charge in [-0.3, -0.25) is 4.79 Å². The highest BCUT2D eigenvalue weighted by atomic mass is 16.1. The summed E-state index contributed by atoms with van der Waals surface area (Å²) < 4.78 is 0. The highest BCUT2D eigenvalue weighted by molar-refractivity contribution is 5.76. The van der Waals surface area contributed by atoms with Crippen molar-refractivity contribution in [2.45, 2.75) is 32.7 Å². The lowest BCUT2D eigenvalue weighted by molar-refractivity contribution is -0.121. The van der Waals surface area contributed by atoms with Gasteiger partial charge in [0, 0.05) is 31.4 Å². The van der Waals surface area contributed by atoms with Crippen LogP contribution in [0.5, 0.6) is 0 Å². The molecule has 0 aromatic carbocycles. The topological polar surface area (TPSA) is 92.9 Å². The maximum absolute atomic E-state index is 11.5. The second kappa shape index (κ2) is 6.67. The van der Waals surface area contributed by atoms with Gasteiger partial charge in [-0.05, 0) is 13.3 Å². The van der Waals surface area contributed by atoms with Gasteiger partial charge in [0.1, 0.15) is 0 Å². The van der Waals surface area contributed by atoms with Crippen molar-refractivity contribution in [3.63, 3.8) is 0 Å². The maximum atomic E-state index is 11.5. The molecule has 0 aliphatic rings. The SMILES string of the molecule is CCC(C)NC(=O)CCNc1nccnc1N. The quantitative estimate of drug-likeness (QED) is 0.679. The summed E-state index contributed by atoms with van der Waals surface area (Å²) >= 11 is 0. The van der Waals surface area contributed by atoms with Crippen LogP contribution < -0.4 is 16.4 Å². The van der Waals surface area contributed by atoms with Gasteiger partial charge in [-0.25, -0.2) is 9.97 Å². The lowest BCUT2D eigenvalue weighted by Crippen LogP contribution is -2.33. The van der Waals surface area contributed by atoms with Crippen LogP contribution in [0.25, 0.3) is 0 Å². The van der Waals surface area contributed by atoms with Crippen LogP contribution in [0.2, 0.25) is 0 Å². The highest BCUT2D eigenvalue weighted by Crippen LogP contribution is 2.08. The second-order valence-corrected chi connectivity index (χ2v) is 3.84. The Balaban J connectivity index is 2.29. The average molecular weight is 237 g/mol. The standard InChI is InChI=1S/C11H19N5O/c1-3-8(2)16-9(17)4-5-14-11-10(12)13-6-7-15-11/h6-8H,3-5H2,1-2H3,(H2,12,13)(H,14,15)(H,16,17). The summed E-state index contributed by atoms with van der Waals surface area (Å²) in [7, 11) is 0. The van der Waals surface area contributed by atoms with E-state index in [1.54, 1.807) is 6.20 Å². The number of nitrogen functional groups attached to an aromatic ring is 1. The van der Waals surface area contributed by atoms with Crippen molar-refractivity contribution >= 4 is 17.5 Å². The minimum Gasteiger partial charge on any atom is -0.381 e. The van der Waals surface area contributed by atoms with Gasteiger partial charge in [-0.15, -0.1) is 0 Å². The molecule has 17 heavy (non-hydrogen) atoms. The Kier molecular flexibility index (Phi) is 5.19. The first-order chi connectivity index (χ1) is 8.13. The van der Waals surface area contributed by atoms with Crippen LogP contribution >= 0.6 is 0 Å². The summed E-state index contributed by atoms with van der Waals surface area (Å²) in [6.45, 7) is 4.50. The highest BCUT2D eigenvalue weighted by Gasteiger charge is 2.05. The normalized spacial score (nSPS) is 11.9. The lowest BCUT2D eigenvalue weighted by Gasteiger charge is -2.11. The van der Waals surface area contributed by atoms with Crippen LogP contribution in [0, 0.1) is 0 Å². The van der Waals surface area contributed by atoms with Gasteiger partial charge in [0.2, 0.25) is 5.91 Å². The van der Waals surface area contributed by atoms with Gasteiger partial charge in [0.05, 0.1) is 0 Å². The van der Waals surface area contributed by atoms with Crippen molar-refractivity contribution in [2.75, 3.05) is 17.6 Å². The molecule has 6 heteroatoms. The van der Waals surface area contributed by atoms with Crippen molar-refractivity contribution in [3.8, 4) is 0 Å². The van der Waals surface area contributed by atoms with Crippen molar-refractivity contribution in [1.82, 2.24) is 15.3 Å². The number of carbonyl (C=O) groups is 1. The Morgan fingerprint density at radius 3 is 2.82 bits per heavy atom. The van der Waals surface area contributed by atoms with Gasteiger partial charge >= 0.3 is 0 Å². The lowest BCUT2D eigenvalue weighted by atomic mass is 10.2. The summed E-state index contributed by atoms with van der Waals surface area (Å²) in [6, 6.07) is 0.212. The molecule has 0 aliphatic carbocycles. The van der Waals surface area contributed by atoms with E-state index in [9.17, 15) is 4.79 Å². The van der Waals surface area contributed by atoms with Crippen LogP contribution in [-0.4, -0.2) is 28.5 Å². The summed E-state index contributed by atoms with van der Waals surface area (Å²) in [4.78, 5) is 19.4. The number of rotatable bonds is 6. The minimum atomic E-state index is 0.0225. The molecular formula is C11H19N5O. The summed E-state index contributed by atoms with van der Waals surface area (Å²) in [5, 5.41) is 5.86. The number of hydrogen-bond donors (Lipinski definition) is 3. The van der Waals surface area contributed by atoms with Crippen LogP contribution in [0.4, 0.5) is 11.6 Å². The zero-order chi connectivity index (χ0) is 12.7.